The van der Waals surface area contributed by atoms with Crippen LogP contribution in [0.4, 0.5) is 5.69 Å². The number of allylic oxidation sites excluding steroid dienone is 2. The fourth-order valence-electron chi connectivity index (χ4n) is 2.20. The Morgan fingerprint density at radius 2 is 2.29 bits per heavy atom. The van der Waals surface area contributed by atoms with Crippen molar-refractivity contribution in [1.82, 2.24) is 0 Å². The smallest absolute Gasteiger partial charge is 0.101 e. The van der Waals surface area contributed by atoms with Crippen LogP contribution in [-0.2, 0) is 0 Å². The molecule has 1 N–H and O–H groups in total. The van der Waals surface area contributed by atoms with E-state index in [2.05, 4.69) is 36.5 Å². The van der Waals surface area contributed by atoms with Crippen molar-refractivity contribution in [2.45, 2.75) is 26.2 Å². The van der Waals surface area contributed by atoms with E-state index in [1.807, 2.05) is 12.1 Å². The summed E-state index contributed by atoms with van der Waals surface area (Å²) in [5.41, 5.74) is 2.90. The standard InChI is InChI=1S/C15H18N2/c1-12-7-8-14(10-16)15(9-12)17-11-13-5-3-2-4-6-13/h2-3,7-9,13,17H,4-6,11H2,1H3. The summed E-state index contributed by atoms with van der Waals surface area (Å²) in [6.07, 6.45) is 8.10. The summed E-state index contributed by atoms with van der Waals surface area (Å²) in [4.78, 5) is 0. The predicted molar refractivity (Wildman–Crippen MR) is 70.9 cm³/mol. The molecule has 1 aliphatic rings. The van der Waals surface area contributed by atoms with Crippen molar-refractivity contribution in [2.24, 2.45) is 5.92 Å². The summed E-state index contributed by atoms with van der Waals surface area (Å²) in [5, 5.41) is 12.5. The molecule has 0 bridgehead atoms. The predicted octanol–water partition coefficient (Wildman–Crippen LogP) is 3.63. The van der Waals surface area contributed by atoms with Gasteiger partial charge < -0.3 is 5.32 Å². The quantitative estimate of drug-likeness (QED) is 0.799. The van der Waals surface area contributed by atoms with E-state index in [9.17, 15) is 0 Å². The molecule has 0 fully saturated rings. The van der Waals surface area contributed by atoms with Crippen molar-refractivity contribution in [1.29, 1.82) is 5.26 Å². The first kappa shape index (κ1) is 11.7. The number of hydrogen-bond acceptors (Lipinski definition) is 2. The summed E-state index contributed by atoms with van der Waals surface area (Å²) < 4.78 is 0. The third kappa shape index (κ3) is 3.10. The molecule has 0 saturated carbocycles. The topological polar surface area (TPSA) is 35.8 Å². The van der Waals surface area contributed by atoms with Gasteiger partial charge in [-0.1, -0.05) is 18.2 Å². The van der Waals surface area contributed by atoms with Crippen LogP contribution in [0.3, 0.4) is 0 Å². The fraction of sp³-hybridized carbons (Fsp3) is 0.400. The maximum atomic E-state index is 9.05. The van der Waals surface area contributed by atoms with Crippen LogP contribution in [-0.4, -0.2) is 6.54 Å². The Labute approximate surface area is 103 Å². The Morgan fingerprint density at radius 1 is 1.41 bits per heavy atom. The van der Waals surface area contributed by atoms with Gasteiger partial charge in [0.2, 0.25) is 0 Å². The normalized spacial score (nSPS) is 18.7. The highest BCUT2D eigenvalue weighted by atomic mass is 14.9. The molecule has 1 aliphatic carbocycles. The van der Waals surface area contributed by atoms with Crippen molar-refractivity contribution in [3.63, 3.8) is 0 Å². The Kier molecular flexibility index (Phi) is 3.82. The van der Waals surface area contributed by atoms with Gasteiger partial charge in [0.05, 0.1) is 11.3 Å². The van der Waals surface area contributed by atoms with Gasteiger partial charge in [-0.2, -0.15) is 5.26 Å². The number of nitrogens with one attached hydrogen (secondary N) is 1. The van der Waals surface area contributed by atoms with Crippen molar-refractivity contribution >= 4 is 5.69 Å². The maximum absolute atomic E-state index is 9.05. The van der Waals surface area contributed by atoms with Crippen LogP contribution in [0.25, 0.3) is 0 Å². The van der Waals surface area contributed by atoms with E-state index in [-0.39, 0.29) is 0 Å². The van der Waals surface area contributed by atoms with E-state index in [1.165, 1.54) is 18.4 Å². The SMILES string of the molecule is Cc1ccc(C#N)c(NCC2CC=CCC2)c1. The largest absolute Gasteiger partial charge is 0.384 e. The molecular weight excluding hydrogens is 208 g/mol. The van der Waals surface area contributed by atoms with E-state index in [0.717, 1.165) is 24.2 Å². The average Bonchev–Trinajstić information content (AvgIpc) is 2.38. The van der Waals surface area contributed by atoms with Crippen LogP contribution in [0.2, 0.25) is 0 Å². The van der Waals surface area contributed by atoms with E-state index in [0.29, 0.717) is 5.92 Å². The third-order valence-corrected chi connectivity index (χ3v) is 3.25. The molecule has 0 amide bonds. The highest BCUT2D eigenvalue weighted by Gasteiger charge is 2.10. The van der Waals surface area contributed by atoms with Crippen molar-refractivity contribution in [3.05, 3.63) is 41.5 Å². The first-order valence-corrected chi connectivity index (χ1v) is 6.19. The lowest BCUT2D eigenvalue weighted by Crippen LogP contribution is -2.15. The Balaban J connectivity index is 2.00. The second-order valence-corrected chi connectivity index (χ2v) is 4.69. The first-order valence-electron chi connectivity index (χ1n) is 6.19. The van der Waals surface area contributed by atoms with Crippen molar-refractivity contribution in [2.75, 3.05) is 11.9 Å². The number of aryl methyl sites for hydroxylation is 1. The minimum Gasteiger partial charge on any atom is -0.384 e. The van der Waals surface area contributed by atoms with Crippen LogP contribution in [0.5, 0.6) is 0 Å². The van der Waals surface area contributed by atoms with Crippen LogP contribution in [0.1, 0.15) is 30.4 Å². The van der Waals surface area contributed by atoms with Crippen LogP contribution in [0.15, 0.2) is 30.4 Å². The minimum atomic E-state index is 0.701. The highest BCUT2D eigenvalue weighted by molar-refractivity contribution is 5.58. The molecule has 88 valence electrons. The summed E-state index contributed by atoms with van der Waals surface area (Å²) in [6, 6.07) is 8.15. The van der Waals surface area contributed by atoms with Crippen molar-refractivity contribution < 1.29 is 0 Å². The van der Waals surface area contributed by atoms with Crippen LogP contribution >= 0.6 is 0 Å². The molecule has 0 spiro atoms. The van der Waals surface area contributed by atoms with Gasteiger partial charge in [-0.3, -0.25) is 0 Å². The lowest BCUT2D eigenvalue weighted by molar-refractivity contribution is 0.504. The number of nitriles is 1. The van der Waals surface area contributed by atoms with Gasteiger partial charge in [0.25, 0.3) is 0 Å². The van der Waals surface area contributed by atoms with Gasteiger partial charge in [0.15, 0.2) is 0 Å². The lowest BCUT2D eigenvalue weighted by Gasteiger charge is -2.19. The lowest BCUT2D eigenvalue weighted by atomic mass is 9.94. The van der Waals surface area contributed by atoms with Gasteiger partial charge in [-0.15, -0.1) is 0 Å². The summed E-state index contributed by atoms with van der Waals surface area (Å²) in [5.74, 6) is 0.701. The monoisotopic (exact) mass is 226 g/mol. The number of rotatable bonds is 3. The molecule has 2 nitrogen and oxygen atoms in total. The summed E-state index contributed by atoms with van der Waals surface area (Å²) >= 11 is 0. The zero-order valence-electron chi connectivity index (χ0n) is 10.2. The zero-order valence-corrected chi connectivity index (χ0v) is 10.2. The van der Waals surface area contributed by atoms with E-state index >= 15 is 0 Å². The number of nitrogens with zero attached hydrogens (tertiary/aromatic N) is 1. The highest BCUT2D eigenvalue weighted by Crippen LogP contribution is 2.21. The molecule has 2 heteroatoms. The van der Waals surface area contributed by atoms with E-state index in [4.69, 9.17) is 5.26 Å². The van der Waals surface area contributed by atoms with Crippen LogP contribution < -0.4 is 5.32 Å². The first-order chi connectivity index (χ1) is 8.29. The molecule has 1 unspecified atom stereocenters. The molecule has 0 radical (unpaired) electrons. The number of hydrogen-bond donors (Lipinski definition) is 1. The van der Waals surface area contributed by atoms with E-state index in [1.54, 1.807) is 0 Å². The molecule has 0 aromatic heterocycles. The Hall–Kier alpha value is -1.75. The third-order valence-electron chi connectivity index (χ3n) is 3.25. The van der Waals surface area contributed by atoms with E-state index < -0.39 is 0 Å². The molecule has 0 saturated heterocycles. The zero-order chi connectivity index (χ0) is 12.1. The van der Waals surface area contributed by atoms with Crippen LogP contribution in [0, 0.1) is 24.2 Å². The fourth-order valence-corrected chi connectivity index (χ4v) is 2.20. The molecule has 1 aromatic rings. The van der Waals surface area contributed by atoms with Gasteiger partial charge in [0, 0.05) is 6.54 Å². The molecular formula is C15H18N2. The average molecular weight is 226 g/mol. The van der Waals surface area contributed by atoms with Gasteiger partial charge >= 0.3 is 0 Å². The van der Waals surface area contributed by atoms with Crippen molar-refractivity contribution in [3.8, 4) is 6.07 Å². The second kappa shape index (κ2) is 5.54. The molecule has 1 aromatic carbocycles. The maximum Gasteiger partial charge on any atom is 0.101 e. The minimum absolute atomic E-state index is 0.701. The Bertz CT molecular complexity index is 454. The molecule has 0 heterocycles. The molecule has 0 aliphatic heterocycles. The summed E-state index contributed by atoms with van der Waals surface area (Å²) in [6.45, 7) is 3.01. The Morgan fingerprint density at radius 3 is 3.00 bits per heavy atom. The number of anilines is 1. The molecule has 2 rings (SSSR count). The van der Waals surface area contributed by atoms with Gasteiger partial charge in [-0.05, 0) is 49.8 Å². The van der Waals surface area contributed by atoms with Gasteiger partial charge in [0.1, 0.15) is 6.07 Å². The second-order valence-electron chi connectivity index (χ2n) is 4.69. The number of benzene rings is 1. The summed E-state index contributed by atoms with van der Waals surface area (Å²) in [7, 11) is 0. The molecule has 17 heavy (non-hydrogen) atoms. The van der Waals surface area contributed by atoms with Gasteiger partial charge in [-0.25, -0.2) is 0 Å². The molecule has 1 atom stereocenters.